The van der Waals surface area contributed by atoms with Crippen LogP contribution in [0.4, 0.5) is 11.4 Å². The van der Waals surface area contributed by atoms with Crippen LogP contribution in [0.2, 0.25) is 5.02 Å². The number of ether oxygens (including phenoxy) is 2. The number of nitrogens with one attached hydrogen (secondary N) is 1. The number of rotatable bonds is 3. The Balaban J connectivity index is 1.54. The van der Waals surface area contributed by atoms with Crippen LogP contribution in [0.1, 0.15) is 42.5 Å². The summed E-state index contributed by atoms with van der Waals surface area (Å²) in [5.74, 6) is 0.0235. The molecule has 0 atom stereocenters. The number of nitro groups is 1. The maximum atomic E-state index is 12.5. The van der Waals surface area contributed by atoms with Crippen LogP contribution in [0, 0.1) is 10.1 Å². The highest BCUT2D eigenvalue weighted by molar-refractivity contribution is 6.31. The minimum Gasteiger partial charge on any atom is -0.448 e. The molecule has 0 bridgehead atoms. The number of amides is 1. The van der Waals surface area contributed by atoms with Crippen molar-refractivity contribution >= 4 is 28.9 Å². The highest BCUT2D eigenvalue weighted by Crippen LogP contribution is 2.46. The third-order valence-corrected chi connectivity index (χ3v) is 5.05. The minimum absolute atomic E-state index is 0.0641. The Morgan fingerprint density at radius 1 is 1.07 bits per heavy atom. The molecule has 2 aromatic carbocycles. The maximum Gasteiger partial charge on any atom is 0.283 e. The molecule has 8 heteroatoms. The van der Waals surface area contributed by atoms with Gasteiger partial charge in [-0.05, 0) is 37.1 Å². The molecule has 1 N–H and O–H groups in total. The molecule has 1 fully saturated rings. The van der Waals surface area contributed by atoms with E-state index in [2.05, 4.69) is 5.32 Å². The number of nitrogens with zero attached hydrogens (tertiary/aromatic N) is 1. The van der Waals surface area contributed by atoms with Crippen molar-refractivity contribution in [3.63, 3.8) is 0 Å². The molecule has 0 unspecified atom stereocenters. The van der Waals surface area contributed by atoms with E-state index in [9.17, 15) is 14.9 Å². The quantitative estimate of drug-likeness (QED) is 0.594. The van der Waals surface area contributed by atoms with Gasteiger partial charge in [0.2, 0.25) is 0 Å². The largest absolute Gasteiger partial charge is 0.448 e. The van der Waals surface area contributed by atoms with E-state index >= 15 is 0 Å². The minimum atomic E-state index is -0.632. The first kappa shape index (κ1) is 17.6. The predicted octanol–water partition coefficient (Wildman–Crippen LogP) is 4.93. The highest BCUT2D eigenvalue weighted by atomic mass is 35.5. The summed E-state index contributed by atoms with van der Waals surface area (Å²) in [6.07, 6.45) is 4.95. The van der Waals surface area contributed by atoms with Crippen molar-refractivity contribution in [2.75, 3.05) is 5.32 Å². The average molecular weight is 389 g/mol. The number of anilines is 1. The molecule has 0 aromatic heterocycles. The molecule has 1 aliphatic heterocycles. The van der Waals surface area contributed by atoms with Crippen LogP contribution >= 0.6 is 11.6 Å². The normalized spacial score (nSPS) is 16.9. The van der Waals surface area contributed by atoms with Crippen LogP contribution in [0.3, 0.4) is 0 Å². The van der Waals surface area contributed by atoms with Gasteiger partial charge in [-0.3, -0.25) is 14.9 Å². The molecule has 0 radical (unpaired) electrons. The molecule has 1 saturated carbocycles. The zero-order valence-corrected chi connectivity index (χ0v) is 15.1. The van der Waals surface area contributed by atoms with Crippen molar-refractivity contribution in [2.45, 2.75) is 37.9 Å². The highest BCUT2D eigenvalue weighted by Gasteiger charge is 2.42. The number of hydrogen-bond acceptors (Lipinski definition) is 5. The van der Waals surface area contributed by atoms with Crippen molar-refractivity contribution in [1.29, 1.82) is 0 Å². The molecule has 7 nitrogen and oxygen atoms in total. The molecule has 4 rings (SSSR count). The first-order chi connectivity index (χ1) is 13.0. The first-order valence-corrected chi connectivity index (χ1v) is 9.11. The first-order valence-electron chi connectivity index (χ1n) is 8.73. The van der Waals surface area contributed by atoms with Crippen molar-refractivity contribution in [3.8, 4) is 11.5 Å². The molecular formula is C19H17ClN2O5. The summed E-state index contributed by atoms with van der Waals surface area (Å²) in [5, 5.41) is 14.1. The fourth-order valence-electron chi connectivity index (χ4n) is 3.51. The Morgan fingerprint density at radius 3 is 2.56 bits per heavy atom. The number of fused-ring (bicyclic) bond motifs is 1. The third-order valence-electron chi connectivity index (χ3n) is 4.81. The number of nitro benzene ring substituents is 1. The molecule has 27 heavy (non-hydrogen) atoms. The molecule has 0 saturated heterocycles. The summed E-state index contributed by atoms with van der Waals surface area (Å²) in [4.78, 5) is 23.1. The lowest BCUT2D eigenvalue weighted by molar-refractivity contribution is -0.385. The van der Waals surface area contributed by atoms with Crippen molar-refractivity contribution in [3.05, 3.63) is 57.1 Å². The van der Waals surface area contributed by atoms with E-state index in [1.54, 1.807) is 18.2 Å². The number of halogens is 1. The lowest BCUT2D eigenvalue weighted by atomic mass is 9.94. The van der Waals surface area contributed by atoms with E-state index < -0.39 is 16.6 Å². The van der Waals surface area contributed by atoms with E-state index in [1.165, 1.54) is 18.6 Å². The molecule has 1 amide bonds. The summed E-state index contributed by atoms with van der Waals surface area (Å²) >= 11 is 5.79. The second-order valence-corrected chi connectivity index (χ2v) is 7.15. The summed E-state index contributed by atoms with van der Waals surface area (Å²) < 4.78 is 12.0. The number of hydrogen-bond donors (Lipinski definition) is 1. The zero-order valence-electron chi connectivity index (χ0n) is 14.4. The average Bonchev–Trinajstić information content (AvgIpc) is 2.98. The van der Waals surface area contributed by atoms with Gasteiger partial charge < -0.3 is 14.8 Å². The van der Waals surface area contributed by atoms with Crippen LogP contribution in [-0.2, 0) is 0 Å². The molecule has 1 heterocycles. The van der Waals surface area contributed by atoms with Gasteiger partial charge in [0.15, 0.2) is 11.5 Å². The monoisotopic (exact) mass is 388 g/mol. The Morgan fingerprint density at radius 2 is 1.81 bits per heavy atom. The van der Waals surface area contributed by atoms with E-state index in [0.29, 0.717) is 17.2 Å². The van der Waals surface area contributed by atoms with E-state index in [0.717, 1.165) is 31.7 Å². The number of benzene rings is 2. The Bertz CT molecular complexity index is 924. The zero-order chi connectivity index (χ0) is 19.0. The second kappa shape index (κ2) is 6.74. The Hall–Kier alpha value is -2.80. The van der Waals surface area contributed by atoms with Gasteiger partial charge in [0.25, 0.3) is 17.4 Å². The lowest BCUT2D eigenvalue weighted by Crippen LogP contribution is -2.40. The Labute approximate surface area is 160 Å². The molecule has 1 aliphatic carbocycles. The van der Waals surface area contributed by atoms with Gasteiger partial charge in [-0.25, -0.2) is 0 Å². The number of carbonyl (C=O) groups excluding carboxylic acids is 1. The van der Waals surface area contributed by atoms with Gasteiger partial charge in [-0.2, -0.15) is 0 Å². The molecule has 2 aliphatic rings. The molecule has 140 valence electrons. The summed E-state index contributed by atoms with van der Waals surface area (Å²) in [5.41, 5.74) is 0.0622. The SMILES string of the molecule is O=C(Nc1ccc2c(c1)OC1(CCCCC1)O2)c1ccc(Cl)cc1[N+](=O)[O-]. The van der Waals surface area contributed by atoms with Gasteiger partial charge in [-0.15, -0.1) is 0 Å². The van der Waals surface area contributed by atoms with Crippen LogP contribution in [0.25, 0.3) is 0 Å². The van der Waals surface area contributed by atoms with Crippen LogP contribution < -0.4 is 14.8 Å². The summed E-state index contributed by atoms with van der Waals surface area (Å²) in [6, 6.07) is 9.03. The van der Waals surface area contributed by atoms with Crippen LogP contribution in [0.5, 0.6) is 11.5 Å². The number of carbonyl (C=O) groups is 1. The van der Waals surface area contributed by atoms with Crippen LogP contribution in [-0.4, -0.2) is 16.6 Å². The standard InChI is InChI=1S/C19H17ClN2O5/c20-12-4-6-14(15(10-12)22(24)25)18(23)21-13-5-7-16-17(11-13)27-19(26-16)8-2-1-3-9-19/h4-7,10-11H,1-3,8-9H2,(H,21,23). The van der Waals surface area contributed by atoms with Gasteiger partial charge >= 0.3 is 0 Å². The topological polar surface area (TPSA) is 90.7 Å². The molecule has 1 spiro atoms. The lowest BCUT2D eigenvalue weighted by Gasteiger charge is -2.31. The van der Waals surface area contributed by atoms with Gasteiger partial charge in [0.05, 0.1) is 4.92 Å². The van der Waals surface area contributed by atoms with Crippen molar-refractivity contribution in [1.82, 2.24) is 0 Å². The summed E-state index contributed by atoms with van der Waals surface area (Å²) in [7, 11) is 0. The van der Waals surface area contributed by atoms with E-state index in [-0.39, 0.29) is 16.3 Å². The van der Waals surface area contributed by atoms with E-state index in [4.69, 9.17) is 21.1 Å². The smallest absolute Gasteiger partial charge is 0.283 e. The predicted molar refractivity (Wildman–Crippen MR) is 99.6 cm³/mol. The summed E-state index contributed by atoms with van der Waals surface area (Å²) in [6.45, 7) is 0. The van der Waals surface area contributed by atoms with Crippen molar-refractivity contribution < 1.29 is 19.2 Å². The Kier molecular flexibility index (Phi) is 4.39. The second-order valence-electron chi connectivity index (χ2n) is 6.71. The van der Waals surface area contributed by atoms with Crippen LogP contribution in [0.15, 0.2) is 36.4 Å². The van der Waals surface area contributed by atoms with Crippen molar-refractivity contribution in [2.24, 2.45) is 0 Å². The van der Waals surface area contributed by atoms with Gasteiger partial charge in [0.1, 0.15) is 5.56 Å². The molecular weight excluding hydrogens is 372 g/mol. The van der Waals surface area contributed by atoms with Gasteiger partial charge in [-0.1, -0.05) is 18.0 Å². The van der Waals surface area contributed by atoms with Gasteiger partial charge in [0, 0.05) is 35.7 Å². The van der Waals surface area contributed by atoms with E-state index in [1.807, 2.05) is 0 Å². The third kappa shape index (κ3) is 3.42. The maximum absolute atomic E-state index is 12.5. The fourth-order valence-corrected chi connectivity index (χ4v) is 3.68. The fraction of sp³-hybridized carbons (Fsp3) is 0.316. The molecule has 2 aromatic rings.